The number of carbonyl (C=O) groups excluding carboxylic acids is 2. The summed E-state index contributed by atoms with van der Waals surface area (Å²) in [7, 11) is -2.43. The van der Waals surface area contributed by atoms with Crippen molar-refractivity contribution in [1.29, 1.82) is 0 Å². The average Bonchev–Trinajstić information content (AvgIpc) is 2.68. The van der Waals surface area contributed by atoms with Crippen molar-refractivity contribution in [3.63, 3.8) is 0 Å². The van der Waals surface area contributed by atoms with Crippen molar-refractivity contribution in [2.24, 2.45) is 5.92 Å². The predicted octanol–water partition coefficient (Wildman–Crippen LogP) is 5.36. The summed E-state index contributed by atoms with van der Waals surface area (Å²) in [5, 5.41) is 7.34. The smallest absolute Gasteiger partial charge is 0.407 e. The zero-order chi connectivity index (χ0) is 24.3. The lowest BCUT2D eigenvalue weighted by Gasteiger charge is -2.59. The van der Waals surface area contributed by atoms with Gasteiger partial charge >= 0.3 is 6.09 Å². The molecule has 1 aromatic carbocycles. The second-order valence-corrected chi connectivity index (χ2v) is 16.9. The fourth-order valence-electron chi connectivity index (χ4n) is 6.47. The third kappa shape index (κ3) is 4.90. The standard InChI is InChI=1S/C26H44N2O3Si/c1-18(2)32(19(3)4,21-14-11-10-12-15-21)26(9)20(5)23(29)27-17-13-16-22(26)28-24(30)31-25(6,7)8/h10-12,14-15,18-20,22H,13,16-17H2,1-9H3,(H,27,29)(H,28,30)/t20-,22-,26+/m0/s1. The van der Waals surface area contributed by atoms with E-state index in [1.807, 2.05) is 20.8 Å². The molecule has 2 N–H and O–H groups in total. The summed E-state index contributed by atoms with van der Waals surface area (Å²) < 4.78 is 5.67. The highest BCUT2D eigenvalue weighted by molar-refractivity contribution is 6.96. The fourth-order valence-corrected chi connectivity index (χ4v) is 14.6. The minimum Gasteiger partial charge on any atom is -0.444 e. The molecule has 1 aromatic rings. The number of alkyl carbamates (subject to hydrolysis) is 1. The van der Waals surface area contributed by atoms with Crippen LogP contribution >= 0.6 is 0 Å². The number of carbonyl (C=O) groups is 2. The van der Waals surface area contributed by atoms with Gasteiger partial charge < -0.3 is 15.4 Å². The van der Waals surface area contributed by atoms with Gasteiger partial charge in [-0.25, -0.2) is 4.79 Å². The van der Waals surface area contributed by atoms with E-state index in [0.29, 0.717) is 17.6 Å². The number of ether oxygens (including phenoxy) is 1. The number of benzene rings is 1. The quantitative estimate of drug-likeness (QED) is 0.581. The van der Waals surface area contributed by atoms with Crippen LogP contribution in [0, 0.1) is 5.92 Å². The van der Waals surface area contributed by atoms with Crippen LogP contribution in [0.2, 0.25) is 16.1 Å². The summed E-state index contributed by atoms with van der Waals surface area (Å²) in [4.78, 5) is 26.3. The zero-order valence-electron chi connectivity index (χ0n) is 21.5. The van der Waals surface area contributed by atoms with E-state index in [2.05, 4.69) is 82.5 Å². The molecular formula is C26H44N2O3Si. The Hall–Kier alpha value is -1.82. The molecule has 1 aliphatic rings. The molecule has 0 radical (unpaired) electrons. The largest absolute Gasteiger partial charge is 0.444 e. The van der Waals surface area contributed by atoms with Crippen LogP contribution in [0.1, 0.15) is 75.2 Å². The third-order valence-electron chi connectivity index (χ3n) is 7.64. The number of hydrogen-bond donors (Lipinski definition) is 2. The summed E-state index contributed by atoms with van der Waals surface area (Å²) in [6.45, 7) is 19.8. The summed E-state index contributed by atoms with van der Waals surface area (Å²) in [5.41, 5.74) is 0.162. The lowest BCUT2D eigenvalue weighted by molar-refractivity contribution is -0.126. The van der Waals surface area contributed by atoms with Crippen LogP contribution in [-0.4, -0.2) is 38.3 Å². The van der Waals surface area contributed by atoms with Gasteiger partial charge in [0.05, 0.1) is 0 Å². The molecule has 0 bridgehead atoms. The first-order chi connectivity index (χ1) is 14.8. The van der Waals surface area contributed by atoms with Crippen molar-refractivity contribution >= 4 is 25.3 Å². The molecule has 0 saturated carbocycles. The van der Waals surface area contributed by atoms with Gasteiger partial charge in [-0.2, -0.15) is 0 Å². The van der Waals surface area contributed by atoms with Crippen molar-refractivity contribution in [3.8, 4) is 0 Å². The Morgan fingerprint density at radius 1 is 1.16 bits per heavy atom. The molecule has 3 atom stereocenters. The van der Waals surface area contributed by atoms with Crippen LogP contribution in [0.15, 0.2) is 30.3 Å². The van der Waals surface area contributed by atoms with Crippen LogP contribution in [0.4, 0.5) is 4.79 Å². The molecule has 0 unspecified atom stereocenters. The summed E-state index contributed by atoms with van der Waals surface area (Å²) in [6, 6.07) is 10.6. The van der Waals surface area contributed by atoms with Crippen LogP contribution in [-0.2, 0) is 9.53 Å². The van der Waals surface area contributed by atoms with E-state index >= 15 is 0 Å². The molecule has 6 heteroatoms. The topological polar surface area (TPSA) is 67.4 Å². The minimum atomic E-state index is -2.43. The van der Waals surface area contributed by atoms with Crippen molar-refractivity contribution < 1.29 is 14.3 Å². The van der Waals surface area contributed by atoms with Crippen molar-refractivity contribution in [3.05, 3.63) is 30.3 Å². The Bertz CT molecular complexity index is 780. The molecule has 2 rings (SSSR count). The zero-order valence-corrected chi connectivity index (χ0v) is 22.5. The number of rotatable bonds is 5. The van der Waals surface area contributed by atoms with E-state index in [1.54, 1.807) is 0 Å². The lowest BCUT2D eigenvalue weighted by atomic mass is 9.83. The van der Waals surface area contributed by atoms with Gasteiger partial charge in [-0.05, 0) is 49.7 Å². The van der Waals surface area contributed by atoms with E-state index in [0.717, 1.165) is 12.8 Å². The highest BCUT2D eigenvalue weighted by Gasteiger charge is 2.62. The molecule has 0 aliphatic carbocycles. The highest BCUT2D eigenvalue weighted by Crippen LogP contribution is 2.58. The van der Waals surface area contributed by atoms with Gasteiger partial charge in [-0.3, -0.25) is 4.79 Å². The number of amides is 2. The Labute approximate surface area is 196 Å². The van der Waals surface area contributed by atoms with Gasteiger partial charge in [0, 0.05) is 18.5 Å². The number of hydrogen-bond acceptors (Lipinski definition) is 3. The summed E-state index contributed by atoms with van der Waals surface area (Å²) >= 11 is 0. The normalized spacial score (nSPS) is 25.2. The van der Waals surface area contributed by atoms with Gasteiger partial charge in [0.25, 0.3) is 0 Å². The number of nitrogens with one attached hydrogen (secondary N) is 2. The van der Waals surface area contributed by atoms with Gasteiger partial charge in [0.2, 0.25) is 5.91 Å². The van der Waals surface area contributed by atoms with Crippen LogP contribution in [0.3, 0.4) is 0 Å². The predicted molar refractivity (Wildman–Crippen MR) is 135 cm³/mol. The maximum absolute atomic E-state index is 13.3. The van der Waals surface area contributed by atoms with Gasteiger partial charge in [0.1, 0.15) is 13.7 Å². The third-order valence-corrected chi connectivity index (χ3v) is 15.1. The van der Waals surface area contributed by atoms with Crippen molar-refractivity contribution in [1.82, 2.24) is 10.6 Å². The lowest BCUT2D eigenvalue weighted by Crippen LogP contribution is -2.70. The molecule has 1 aliphatic heterocycles. The summed E-state index contributed by atoms with van der Waals surface area (Å²) in [6.07, 6.45) is 1.23. The molecule has 1 fully saturated rings. The molecule has 1 heterocycles. The first kappa shape index (κ1) is 26.4. The molecule has 180 valence electrons. The molecule has 2 amide bonds. The minimum absolute atomic E-state index is 0.0808. The van der Waals surface area contributed by atoms with Crippen LogP contribution in [0.25, 0.3) is 0 Å². The van der Waals surface area contributed by atoms with Crippen LogP contribution < -0.4 is 15.8 Å². The second-order valence-electron chi connectivity index (χ2n) is 11.2. The molecule has 0 aromatic heterocycles. The second kappa shape index (κ2) is 9.98. The molecular weight excluding hydrogens is 416 g/mol. The van der Waals surface area contributed by atoms with Crippen LogP contribution in [0.5, 0.6) is 0 Å². The Balaban J connectivity index is 2.76. The molecule has 32 heavy (non-hydrogen) atoms. The van der Waals surface area contributed by atoms with Gasteiger partial charge in [-0.1, -0.05) is 77.1 Å². The van der Waals surface area contributed by atoms with Crippen molar-refractivity contribution in [2.45, 2.75) is 103 Å². The highest BCUT2D eigenvalue weighted by atomic mass is 28.3. The first-order valence-electron chi connectivity index (χ1n) is 12.1. The maximum Gasteiger partial charge on any atom is 0.407 e. The summed E-state index contributed by atoms with van der Waals surface area (Å²) in [5.74, 6) is -0.170. The van der Waals surface area contributed by atoms with E-state index in [-0.39, 0.29) is 17.9 Å². The first-order valence-corrected chi connectivity index (χ1v) is 14.3. The fraction of sp³-hybridized carbons (Fsp3) is 0.692. The maximum atomic E-state index is 13.3. The van der Waals surface area contributed by atoms with E-state index < -0.39 is 24.8 Å². The van der Waals surface area contributed by atoms with Gasteiger partial charge in [0.15, 0.2) is 0 Å². The average molecular weight is 461 g/mol. The van der Waals surface area contributed by atoms with E-state index in [9.17, 15) is 9.59 Å². The van der Waals surface area contributed by atoms with E-state index in [1.165, 1.54) is 5.19 Å². The monoisotopic (exact) mass is 460 g/mol. The molecule has 0 spiro atoms. The Morgan fingerprint density at radius 3 is 2.22 bits per heavy atom. The molecule has 5 nitrogen and oxygen atoms in total. The Morgan fingerprint density at radius 2 is 1.72 bits per heavy atom. The Kier molecular flexibility index (Phi) is 8.24. The molecule has 1 saturated heterocycles. The SMILES string of the molecule is CC(C)[Si](c1ccccc1)(C(C)C)[C@@]1(C)[C@@H](NC(=O)OC(C)(C)C)CCCNC(=O)[C@@H]1C. The van der Waals surface area contributed by atoms with Gasteiger partial charge in [-0.15, -0.1) is 0 Å². The van der Waals surface area contributed by atoms with Crippen molar-refractivity contribution in [2.75, 3.05) is 6.54 Å². The van der Waals surface area contributed by atoms with E-state index in [4.69, 9.17) is 4.74 Å².